The summed E-state index contributed by atoms with van der Waals surface area (Å²) < 4.78 is 8.70. The summed E-state index contributed by atoms with van der Waals surface area (Å²) in [6.45, 7) is 29.7. The normalized spacial score (nSPS) is 28.0. The van der Waals surface area contributed by atoms with Crippen LogP contribution in [0.1, 0.15) is 20.8 Å². The second kappa shape index (κ2) is 5.62. The van der Waals surface area contributed by atoms with E-state index in [-0.39, 0.29) is 0 Å². The van der Waals surface area contributed by atoms with Crippen LogP contribution in [0, 0.1) is 5.41 Å². The minimum atomic E-state index is -1.41. The zero-order valence-corrected chi connectivity index (χ0v) is 21.0. The van der Waals surface area contributed by atoms with Crippen LogP contribution in [0.3, 0.4) is 0 Å². The molecule has 1 saturated heterocycles. The van der Waals surface area contributed by atoms with Gasteiger partial charge in [-0.1, -0.05) is 91.1 Å². The Bertz CT molecular complexity index is 439. The van der Waals surface area contributed by atoms with Crippen molar-refractivity contribution in [1.82, 2.24) is 4.00 Å². The van der Waals surface area contributed by atoms with Gasteiger partial charge >= 0.3 is 0 Å². The molecule has 0 aromatic rings. The molecule has 21 heavy (non-hydrogen) atoms. The third-order valence-electron chi connectivity index (χ3n) is 3.26. The standard InChI is InChI=1S/C14H37N2PSSi3/c1-14(2,3)13-17(18-13,15-19(4,5)6)16(20(7,8)9)21(10,11)12/h13H,1-12H3. The average molecular weight is 381 g/mol. The fourth-order valence-corrected chi connectivity index (χ4v) is 38.8. The van der Waals surface area contributed by atoms with E-state index < -0.39 is 31.1 Å². The van der Waals surface area contributed by atoms with Gasteiger partial charge in [0.25, 0.3) is 0 Å². The molecule has 1 heterocycles. The maximum absolute atomic E-state index is 5.64. The number of nitrogens with zero attached hydrogens (tertiary/aromatic N) is 2. The molecule has 0 aliphatic carbocycles. The molecule has 0 aromatic heterocycles. The van der Waals surface area contributed by atoms with Crippen LogP contribution in [-0.4, -0.2) is 33.7 Å². The van der Waals surface area contributed by atoms with Gasteiger partial charge in [-0.3, -0.25) is 0 Å². The summed E-state index contributed by atoms with van der Waals surface area (Å²) in [5, 5.41) is 0. The molecule has 0 radical (unpaired) electrons. The quantitative estimate of drug-likeness (QED) is 0.298. The summed E-state index contributed by atoms with van der Waals surface area (Å²) in [5.41, 5.74) is 0.374. The van der Waals surface area contributed by atoms with E-state index in [1.807, 2.05) is 0 Å². The number of rotatable bonds is 4. The maximum Gasteiger partial charge on any atom is 0.173 e. The van der Waals surface area contributed by atoms with Crippen molar-refractivity contribution >= 4 is 42.5 Å². The highest BCUT2D eigenvalue weighted by Crippen LogP contribution is 2.93. The number of hydrogen-bond donors (Lipinski definition) is 0. The van der Waals surface area contributed by atoms with Crippen LogP contribution in [0.2, 0.25) is 58.9 Å². The van der Waals surface area contributed by atoms with Crippen LogP contribution in [-0.2, 0) is 0 Å². The van der Waals surface area contributed by atoms with Crippen molar-refractivity contribution in [3.63, 3.8) is 0 Å². The van der Waals surface area contributed by atoms with Crippen LogP contribution < -0.4 is 0 Å². The SMILES string of the molecule is CC(C)(C)C1SP1(=N[Si](C)(C)C)N([Si](C)(C)C)[Si](C)(C)C. The van der Waals surface area contributed by atoms with Crippen molar-refractivity contribution in [2.45, 2.75) is 84.7 Å². The van der Waals surface area contributed by atoms with Gasteiger partial charge in [-0.05, 0) is 5.41 Å². The minimum Gasteiger partial charge on any atom is -0.316 e. The first-order valence-corrected chi connectivity index (χ1v) is 21.6. The predicted octanol–water partition coefficient (Wildman–Crippen LogP) is 6.94. The van der Waals surface area contributed by atoms with Gasteiger partial charge in [0.1, 0.15) is 16.5 Å². The summed E-state index contributed by atoms with van der Waals surface area (Å²) in [5.74, 6) is 0. The molecule has 2 atom stereocenters. The van der Waals surface area contributed by atoms with E-state index in [0.717, 1.165) is 4.99 Å². The average Bonchev–Trinajstić information content (AvgIpc) is 2.67. The van der Waals surface area contributed by atoms with E-state index in [1.54, 1.807) is 0 Å². The Balaban J connectivity index is 3.51. The smallest absolute Gasteiger partial charge is 0.173 e. The fraction of sp³-hybridized carbons (Fsp3) is 1.00. The molecule has 1 rings (SSSR count). The van der Waals surface area contributed by atoms with Crippen LogP contribution in [0.4, 0.5) is 0 Å². The lowest BCUT2D eigenvalue weighted by Gasteiger charge is -2.46. The molecule has 0 spiro atoms. The molecule has 1 fully saturated rings. The first-order chi connectivity index (χ1) is 8.91. The van der Waals surface area contributed by atoms with Crippen molar-refractivity contribution in [1.29, 1.82) is 0 Å². The van der Waals surface area contributed by atoms with E-state index in [9.17, 15) is 0 Å². The van der Waals surface area contributed by atoms with Gasteiger partial charge in [0.15, 0.2) is 8.24 Å². The molecular formula is C14H37N2PSSi3. The molecule has 0 saturated carbocycles. The summed E-state index contributed by atoms with van der Waals surface area (Å²) in [7, 11) is -4.14. The third kappa shape index (κ3) is 4.83. The van der Waals surface area contributed by atoms with Gasteiger partial charge < -0.3 is 8.41 Å². The van der Waals surface area contributed by atoms with Gasteiger partial charge in [0.05, 0.1) is 11.4 Å². The largest absolute Gasteiger partial charge is 0.316 e. The Labute approximate surface area is 141 Å². The second-order valence-electron chi connectivity index (χ2n) is 10.3. The van der Waals surface area contributed by atoms with Crippen molar-refractivity contribution in [2.75, 3.05) is 0 Å². The highest BCUT2D eigenvalue weighted by atomic mass is 32.8. The monoisotopic (exact) mass is 380 g/mol. The van der Waals surface area contributed by atoms with Crippen LogP contribution in [0.15, 0.2) is 4.41 Å². The summed E-state index contributed by atoms with van der Waals surface area (Å²) >= 11 is 2.25. The van der Waals surface area contributed by atoms with Crippen molar-refractivity contribution in [3.8, 4) is 0 Å². The van der Waals surface area contributed by atoms with E-state index in [1.165, 1.54) is 0 Å². The van der Waals surface area contributed by atoms with E-state index in [4.69, 9.17) is 4.41 Å². The Hall–Kier alpha value is 1.19. The lowest BCUT2D eigenvalue weighted by molar-refractivity contribution is 0.461. The predicted molar refractivity (Wildman–Crippen MR) is 112 cm³/mol. The lowest BCUT2D eigenvalue weighted by atomic mass is 10.0. The summed E-state index contributed by atoms with van der Waals surface area (Å²) in [6.07, 6.45) is -1.34. The molecule has 126 valence electrons. The molecular weight excluding hydrogens is 343 g/mol. The Kier molecular flexibility index (Phi) is 5.42. The molecule has 2 unspecified atom stereocenters. The van der Waals surface area contributed by atoms with E-state index in [0.29, 0.717) is 5.41 Å². The van der Waals surface area contributed by atoms with E-state index in [2.05, 4.69) is 95.1 Å². The lowest BCUT2D eigenvalue weighted by Crippen LogP contribution is -2.55. The maximum atomic E-state index is 5.64. The minimum absolute atomic E-state index is 0.374. The molecule has 0 bridgehead atoms. The van der Waals surface area contributed by atoms with Gasteiger partial charge in [-0.15, -0.1) is 0 Å². The Morgan fingerprint density at radius 1 is 0.857 bits per heavy atom. The third-order valence-corrected chi connectivity index (χ3v) is 26.4. The van der Waals surface area contributed by atoms with Crippen LogP contribution in [0.25, 0.3) is 0 Å². The molecule has 0 N–H and O–H groups in total. The Morgan fingerprint density at radius 3 is 1.43 bits per heavy atom. The fourth-order valence-electron chi connectivity index (χ4n) is 3.35. The van der Waals surface area contributed by atoms with Crippen molar-refractivity contribution < 1.29 is 0 Å². The molecule has 0 aromatic carbocycles. The molecule has 2 nitrogen and oxygen atoms in total. The Morgan fingerprint density at radius 2 is 1.24 bits per heavy atom. The van der Waals surface area contributed by atoms with E-state index >= 15 is 0 Å². The zero-order chi connectivity index (χ0) is 17.1. The molecule has 7 heteroatoms. The van der Waals surface area contributed by atoms with Crippen LogP contribution >= 0.6 is 17.8 Å². The van der Waals surface area contributed by atoms with Crippen molar-refractivity contribution in [3.05, 3.63) is 0 Å². The van der Waals surface area contributed by atoms with Crippen molar-refractivity contribution in [2.24, 2.45) is 9.83 Å². The highest BCUT2D eigenvalue weighted by molar-refractivity contribution is 8.74. The summed E-state index contributed by atoms with van der Waals surface area (Å²) in [4.78, 5) is 0.759. The van der Waals surface area contributed by atoms with Gasteiger partial charge in [0, 0.05) is 0 Å². The van der Waals surface area contributed by atoms with Crippen LogP contribution in [0.5, 0.6) is 0 Å². The van der Waals surface area contributed by atoms with Gasteiger partial charge in [0.2, 0.25) is 0 Å². The van der Waals surface area contributed by atoms with Gasteiger partial charge in [-0.2, -0.15) is 0 Å². The molecule has 0 amide bonds. The second-order valence-corrected chi connectivity index (χ2v) is 31.6. The van der Waals surface area contributed by atoms with Gasteiger partial charge in [-0.25, -0.2) is 0 Å². The topological polar surface area (TPSA) is 15.6 Å². The first-order valence-electron chi connectivity index (χ1n) is 8.04. The number of hydrogen-bond acceptors (Lipinski definition) is 2. The molecule has 1 aliphatic heterocycles. The highest BCUT2D eigenvalue weighted by Gasteiger charge is 2.62. The summed E-state index contributed by atoms with van der Waals surface area (Å²) in [6, 6.07) is 0. The first kappa shape index (κ1) is 20.2. The zero-order valence-electron chi connectivity index (χ0n) is 16.3. The molecule has 1 aliphatic rings.